The van der Waals surface area contributed by atoms with Crippen molar-refractivity contribution in [2.24, 2.45) is 0 Å². The van der Waals surface area contributed by atoms with E-state index in [4.69, 9.17) is 0 Å². The highest BCUT2D eigenvalue weighted by Gasteiger charge is 2.29. The molecule has 1 aliphatic rings. The van der Waals surface area contributed by atoms with E-state index in [9.17, 15) is 8.42 Å². The number of hydrogen-bond donors (Lipinski definition) is 1. The fourth-order valence-electron chi connectivity index (χ4n) is 2.53. The Morgan fingerprint density at radius 1 is 1.35 bits per heavy atom. The SMILES string of the molecule is O=S1(=O)CCC(NCCc2nccs2)c2ccccc21. The zero-order valence-electron chi connectivity index (χ0n) is 11.0. The predicted octanol–water partition coefficient (Wildman–Crippen LogP) is 2.19. The van der Waals surface area contributed by atoms with Crippen molar-refractivity contribution < 1.29 is 8.42 Å². The van der Waals surface area contributed by atoms with Crippen LogP contribution in [0.4, 0.5) is 0 Å². The molecule has 0 aliphatic carbocycles. The lowest BCUT2D eigenvalue weighted by Gasteiger charge is -2.26. The van der Waals surface area contributed by atoms with E-state index >= 15 is 0 Å². The molecule has 1 N–H and O–H groups in total. The maximum absolute atomic E-state index is 12.0. The summed E-state index contributed by atoms with van der Waals surface area (Å²) in [5.41, 5.74) is 0.901. The topological polar surface area (TPSA) is 59.1 Å². The summed E-state index contributed by atoms with van der Waals surface area (Å²) in [6.07, 6.45) is 3.32. The number of sulfone groups is 1. The molecule has 3 rings (SSSR count). The minimum Gasteiger partial charge on any atom is -0.309 e. The Kier molecular flexibility index (Phi) is 3.87. The molecular formula is C14H16N2O2S2. The van der Waals surface area contributed by atoms with Crippen molar-refractivity contribution in [2.45, 2.75) is 23.8 Å². The second-order valence-electron chi connectivity index (χ2n) is 4.83. The molecule has 106 valence electrons. The van der Waals surface area contributed by atoms with Gasteiger partial charge in [0, 0.05) is 30.6 Å². The van der Waals surface area contributed by atoms with Crippen LogP contribution in [0.2, 0.25) is 0 Å². The number of fused-ring (bicyclic) bond motifs is 1. The molecule has 0 bridgehead atoms. The third kappa shape index (κ3) is 2.77. The van der Waals surface area contributed by atoms with Crippen LogP contribution in [0.1, 0.15) is 23.0 Å². The van der Waals surface area contributed by atoms with Gasteiger partial charge in [-0.05, 0) is 18.1 Å². The molecule has 1 aromatic carbocycles. The lowest BCUT2D eigenvalue weighted by atomic mass is 10.0. The fraction of sp³-hybridized carbons (Fsp3) is 0.357. The van der Waals surface area contributed by atoms with E-state index in [0.717, 1.165) is 23.5 Å². The first-order chi connectivity index (χ1) is 9.67. The molecular weight excluding hydrogens is 292 g/mol. The summed E-state index contributed by atoms with van der Waals surface area (Å²) in [6, 6.07) is 7.42. The van der Waals surface area contributed by atoms with E-state index in [-0.39, 0.29) is 11.8 Å². The highest BCUT2D eigenvalue weighted by Crippen LogP contribution is 2.31. The first-order valence-corrected chi connectivity index (χ1v) is 9.13. The molecule has 2 aromatic rings. The Morgan fingerprint density at radius 2 is 2.20 bits per heavy atom. The minimum atomic E-state index is -3.09. The summed E-state index contributed by atoms with van der Waals surface area (Å²) < 4.78 is 24.1. The summed E-state index contributed by atoms with van der Waals surface area (Å²) >= 11 is 1.65. The van der Waals surface area contributed by atoms with Crippen molar-refractivity contribution in [3.63, 3.8) is 0 Å². The summed E-state index contributed by atoms with van der Waals surface area (Å²) in [6.45, 7) is 0.812. The predicted molar refractivity (Wildman–Crippen MR) is 79.7 cm³/mol. The smallest absolute Gasteiger partial charge is 0.178 e. The van der Waals surface area contributed by atoms with Crippen LogP contribution in [0, 0.1) is 0 Å². The van der Waals surface area contributed by atoms with Gasteiger partial charge in [0.05, 0.1) is 15.7 Å². The van der Waals surface area contributed by atoms with Crippen molar-refractivity contribution in [1.82, 2.24) is 10.3 Å². The number of thiazole rings is 1. The fourth-order valence-corrected chi connectivity index (χ4v) is 4.77. The number of nitrogens with zero attached hydrogens (tertiary/aromatic N) is 1. The maximum atomic E-state index is 12.0. The van der Waals surface area contributed by atoms with Crippen LogP contribution in [-0.2, 0) is 16.3 Å². The average molecular weight is 308 g/mol. The van der Waals surface area contributed by atoms with Gasteiger partial charge in [-0.2, -0.15) is 0 Å². The number of rotatable bonds is 4. The van der Waals surface area contributed by atoms with Crippen LogP contribution in [0.3, 0.4) is 0 Å². The normalized spacial score (nSPS) is 20.5. The van der Waals surface area contributed by atoms with Gasteiger partial charge < -0.3 is 5.32 Å². The molecule has 0 saturated carbocycles. The zero-order valence-corrected chi connectivity index (χ0v) is 12.6. The molecule has 20 heavy (non-hydrogen) atoms. The molecule has 1 aliphatic heterocycles. The summed E-state index contributed by atoms with van der Waals surface area (Å²) in [7, 11) is -3.09. The van der Waals surface area contributed by atoms with Crippen LogP contribution >= 0.6 is 11.3 Å². The van der Waals surface area contributed by atoms with Crippen molar-refractivity contribution in [1.29, 1.82) is 0 Å². The second-order valence-corrected chi connectivity index (χ2v) is 7.88. The van der Waals surface area contributed by atoms with Crippen molar-refractivity contribution in [3.8, 4) is 0 Å². The third-order valence-corrected chi connectivity index (χ3v) is 6.17. The van der Waals surface area contributed by atoms with Gasteiger partial charge in [-0.15, -0.1) is 11.3 Å². The second kappa shape index (κ2) is 5.63. The van der Waals surface area contributed by atoms with Gasteiger partial charge in [0.1, 0.15) is 0 Å². The Bertz CT molecular complexity index is 681. The standard InChI is InChI=1S/C14H16N2O2S2/c17-20(18)10-6-12(11-3-1-2-4-13(11)20)15-7-5-14-16-8-9-19-14/h1-4,8-9,12,15H,5-7,10H2. The van der Waals surface area contributed by atoms with Gasteiger partial charge in [-0.25, -0.2) is 13.4 Å². The van der Waals surface area contributed by atoms with E-state index in [1.807, 2.05) is 23.7 Å². The van der Waals surface area contributed by atoms with Crippen LogP contribution in [0.25, 0.3) is 0 Å². The molecule has 1 atom stereocenters. The maximum Gasteiger partial charge on any atom is 0.178 e. The Balaban J connectivity index is 1.72. The molecule has 1 unspecified atom stereocenters. The molecule has 0 saturated heterocycles. The Hall–Kier alpha value is -1.24. The van der Waals surface area contributed by atoms with E-state index in [1.165, 1.54) is 0 Å². The Labute approximate surface area is 122 Å². The Morgan fingerprint density at radius 3 is 3.00 bits per heavy atom. The molecule has 0 amide bonds. The molecule has 1 aromatic heterocycles. The van der Waals surface area contributed by atoms with Gasteiger partial charge in [0.15, 0.2) is 9.84 Å². The largest absolute Gasteiger partial charge is 0.309 e. The number of benzene rings is 1. The van der Waals surface area contributed by atoms with E-state index in [2.05, 4.69) is 10.3 Å². The quantitative estimate of drug-likeness (QED) is 0.940. The van der Waals surface area contributed by atoms with E-state index in [1.54, 1.807) is 23.5 Å². The molecule has 0 radical (unpaired) electrons. The summed E-state index contributed by atoms with van der Waals surface area (Å²) in [5.74, 6) is 0.221. The minimum absolute atomic E-state index is 0.120. The molecule has 4 nitrogen and oxygen atoms in total. The first kappa shape index (κ1) is 13.7. The van der Waals surface area contributed by atoms with Crippen LogP contribution in [0.5, 0.6) is 0 Å². The van der Waals surface area contributed by atoms with Gasteiger partial charge >= 0.3 is 0 Å². The van der Waals surface area contributed by atoms with Crippen molar-refractivity contribution >= 4 is 21.2 Å². The number of nitrogens with one attached hydrogen (secondary N) is 1. The lowest BCUT2D eigenvalue weighted by Crippen LogP contribution is -2.31. The molecule has 6 heteroatoms. The first-order valence-electron chi connectivity index (χ1n) is 6.60. The number of hydrogen-bond acceptors (Lipinski definition) is 5. The van der Waals surface area contributed by atoms with E-state index in [0.29, 0.717) is 11.3 Å². The monoisotopic (exact) mass is 308 g/mol. The zero-order chi connectivity index (χ0) is 14.0. The van der Waals surface area contributed by atoms with Crippen LogP contribution in [0.15, 0.2) is 40.7 Å². The van der Waals surface area contributed by atoms with Crippen LogP contribution < -0.4 is 5.32 Å². The lowest BCUT2D eigenvalue weighted by molar-refractivity contribution is 0.494. The van der Waals surface area contributed by atoms with Crippen LogP contribution in [-0.4, -0.2) is 25.7 Å². The highest BCUT2D eigenvalue weighted by molar-refractivity contribution is 7.91. The van der Waals surface area contributed by atoms with Gasteiger partial charge in [-0.3, -0.25) is 0 Å². The van der Waals surface area contributed by atoms with Gasteiger partial charge in [0.2, 0.25) is 0 Å². The summed E-state index contributed by atoms with van der Waals surface area (Å²) in [5, 5.41) is 6.53. The molecule has 0 fully saturated rings. The number of aromatic nitrogens is 1. The van der Waals surface area contributed by atoms with Gasteiger partial charge in [0.25, 0.3) is 0 Å². The molecule has 0 spiro atoms. The molecule has 2 heterocycles. The summed E-state index contributed by atoms with van der Waals surface area (Å²) in [4.78, 5) is 4.73. The third-order valence-electron chi connectivity index (χ3n) is 3.52. The van der Waals surface area contributed by atoms with Crippen molar-refractivity contribution in [2.75, 3.05) is 12.3 Å². The van der Waals surface area contributed by atoms with Gasteiger partial charge in [-0.1, -0.05) is 18.2 Å². The van der Waals surface area contributed by atoms with E-state index < -0.39 is 9.84 Å². The van der Waals surface area contributed by atoms with Crippen molar-refractivity contribution in [3.05, 3.63) is 46.4 Å². The average Bonchev–Trinajstić information content (AvgIpc) is 2.95. The highest BCUT2D eigenvalue weighted by atomic mass is 32.2.